The molecule has 46 heavy (non-hydrogen) atoms. The highest BCUT2D eigenvalue weighted by atomic mass is 32.2. The maximum absolute atomic E-state index is 12.0. The van der Waals surface area contributed by atoms with Crippen molar-refractivity contribution < 1.29 is 41.6 Å². The summed E-state index contributed by atoms with van der Waals surface area (Å²) in [6, 6.07) is 25.2. The highest BCUT2D eigenvalue weighted by Crippen LogP contribution is 2.35. The van der Waals surface area contributed by atoms with Crippen LogP contribution in [0.15, 0.2) is 99.6 Å². The van der Waals surface area contributed by atoms with Crippen LogP contribution in [0.4, 0.5) is 0 Å². The molecule has 0 saturated heterocycles. The van der Waals surface area contributed by atoms with Crippen LogP contribution in [0.1, 0.15) is 57.1 Å². The molecule has 0 aliphatic rings. The Bertz CT molecular complexity index is 1490. The number of carbonyl (C=O) groups excluding carboxylic acids is 3. The Morgan fingerprint density at radius 3 is 1.74 bits per heavy atom. The molecule has 0 bridgehead atoms. The molecule has 0 unspecified atom stereocenters. The molecule has 0 fully saturated rings. The van der Waals surface area contributed by atoms with Crippen LogP contribution in [0.25, 0.3) is 0 Å². The largest absolute Gasteiger partial charge is 0.748 e. The highest BCUT2D eigenvalue weighted by Gasteiger charge is 2.30. The zero-order chi connectivity index (χ0) is 34.1. The molecule has 0 radical (unpaired) electrons. The molecule has 3 aromatic rings. The number of benzene rings is 3. The number of hydrogen-bond acceptors (Lipinski definition) is 9. The summed E-state index contributed by atoms with van der Waals surface area (Å²) in [6.07, 6.45) is 4.16. The van der Waals surface area contributed by atoms with Crippen LogP contribution in [0.5, 0.6) is 5.75 Å². The van der Waals surface area contributed by atoms with E-state index in [0.717, 1.165) is 36.8 Å². The first-order valence-electron chi connectivity index (χ1n) is 14.9. The molecule has 0 heterocycles. The smallest absolute Gasteiger partial charge is 0.338 e. The fraction of sp³-hybridized carbons (Fsp3) is 0.343. The van der Waals surface area contributed by atoms with E-state index in [2.05, 4.69) is 78.9 Å². The second kappa shape index (κ2) is 19.6. The maximum atomic E-state index is 12.0. The predicted octanol–water partition coefficient (Wildman–Crippen LogP) is 6.47. The average molecular weight is 671 g/mol. The Balaban J connectivity index is 0.000000344. The van der Waals surface area contributed by atoms with Gasteiger partial charge in [0, 0.05) is 24.1 Å². The van der Waals surface area contributed by atoms with Crippen molar-refractivity contribution >= 4 is 38.9 Å². The normalized spacial score (nSPS) is 10.8. The number of esters is 3. The van der Waals surface area contributed by atoms with E-state index >= 15 is 0 Å². The van der Waals surface area contributed by atoms with Crippen molar-refractivity contribution in [3.63, 3.8) is 0 Å². The van der Waals surface area contributed by atoms with Gasteiger partial charge in [-0.3, -0.25) is 9.59 Å². The standard InChI is InChI=1S/C24H23O2S.C11H20O7S/c1-17(2)24(25)26-23-18(3)15-22(16-19(23)4)27(20-11-7-5-8-12-20)21-13-9-6-10-14-21;1-2-3-4-5-6-10(12)17-7-8-18-11(13)9-19(14,15)16/h5-16H,1H2,2-4H3;2-9H2,1H3,(H,14,15,16)/q+1;/p-1. The molecule has 0 saturated carbocycles. The number of ether oxygens (including phenoxy) is 3. The van der Waals surface area contributed by atoms with Gasteiger partial charge in [-0.15, -0.1) is 0 Å². The minimum absolute atomic E-state index is 0.142. The van der Waals surface area contributed by atoms with Crippen LogP contribution < -0.4 is 4.74 Å². The monoisotopic (exact) mass is 670 g/mol. The zero-order valence-electron chi connectivity index (χ0n) is 26.8. The zero-order valence-corrected chi connectivity index (χ0v) is 28.4. The van der Waals surface area contributed by atoms with E-state index in [9.17, 15) is 27.4 Å². The number of aryl methyl sites for hydroxylation is 2. The van der Waals surface area contributed by atoms with Crippen LogP contribution in [0.3, 0.4) is 0 Å². The third-order valence-corrected chi connectivity index (χ3v) is 9.09. The Kier molecular flexibility index (Phi) is 16.3. The molecule has 0 N–H and O–H groups in total. The number of hydrogen-bond donors (Lipinski definition) is 0. The molecule has 0 aliphatic carbocycles. The second-order valence-electron chi connectivity index (χ2n) is 10.4. The van der Waals surface area contributed by atoms with Crippen molar-refractivity contribution in [1.82, 2.24) is 0 Å². The first-order valence-corrected chi connectivity index (χ1v) is 17.7. The maximum Gasteiger partial charge on any atom is 0.338 e. The molecule has 0 aromatic heterocycles. The molecule has 11 heteroatoms. The van der Waals surface area contributed by atoms with Crippen LogP contribution >= 0.6 is 0 Å². The van der Waals surface area contributed by atoms with Crippen molar-refractivity contribution in [2.75, 3.05) is 19.0 Å². The van der Waals surface area contributed by atoms with Gasteiger partial charge >= 0.3 is 17.9 Å². The van der Waals surface area contributed by atoms with Gasteiger partial charge in [-0.2, -0.15) is 0 Å². The number of carbonyl (C=O) groups is 3. The Hall–Kier alpha value is -3.93. The lowest BCUT2D eigenvalue weighted by molar-refractivity contribution is -0.150. The molecule has 3 aromatic carbocycles. The summed E-state index contributed by atoms with van der Waals surface area (Å²) in [4.78, 5) is 37.7. The molecular formula is C35H42O9S2. The summed E-state index contributed by atoms with van der Waals surface area (Å²) in [6.45, 7) is 10.9. The van der Waals surface area contributed by atoms with Crippen molar-refractivity contribution in [3.05, 3.63) is 96.1 Å². The molecule has 0 spiro atoms. The van der Waals surface area contributed by atoms with E-state index in [1.807, 2.05) is 26.0 Å². The van der Waals surface area contributed by atoms with Crippen LogP contribution in [0, 0.1) is 13.8 Å². The van der Waals surface area contributed by atoms with E-state index in [4.69, 9.17) is 9.47 Å². The summed E-state index contributed by atoms with van der Waals surface area (Å²) in [5.74, 6) is -2.51. The molecule has 248 valence electrons. The van der Waals surface area contributed by atoms with Gasteiger partial charge in [0.1, 0.15) is 34.8 Å². The SMILES string of the molecule is C=C(C)C(=O)Oc1c(C)cc([S+](c2ccccc2)c2ccccc2)cc1C.CCCCCCC(=O)OCCOC(=O)CS(=O)(=O)[O-]. The van der Waals surface area contributed by atoms with Gasteiger partial charge in [0.25, 0.3) is 0 Å². The predicted molar refractivity (Wildman–Crippen MR) is 177 cm³/mol. The summed E-state index contributed by atoms with van der Waals surface area (Å²) < 4.78 is 45.4. The lowest BCUT2D eigenvalue weighted by atomic mass is 10.1. The van der Waals surface area contributed by atoms with Crippen molar-refractivity contribution in [1.29, 1.82) is 0 Å². The minimum atomic E-state index is -4.63. The van der Waals surface area contributed by atoms with Gasteiger partial charge in [-0.05, 0) is 62.6 Å². The fourth-order valence-corrected chi connectivity index (χ4v) is 6.79. The fourth-order valence-electron chi connectivity index (χ4n) is 4.16. The summed E-state index contributed by atoms with van der Waals surface area (Å²) in [5.41, 5.74) is 2.29. The van der Waals surface area contributed by atoms with Crippen LogP contribution in [-0.4, -0.2) is 49.8 Å². The van der Waals surface area contributed by atoms with Gasteiger partial charge in [-0.25, -0.2) is 13.2 Å². The van der Waals surface area contributed by atoms with Crippen molar-refractivity contribution in [3.8, 4) is 5.75 Å². The van der Waals surface area contributed by atoms with E-state index in [1.165, 1.54) is 14.7 Å². The van der Waals surface area contributed by atoms with Gasteiger partial charge in [0.05, 0.1) is 10.9 Å². The Morgan fingerprint density at radius 1 is 0.783 bits per heavy atom. The first-order chi connectivity index (χ1) is 21.8. The third-order valence-electron chi connectivity index (χ3n) is 6.31. The molecule has 9 nitrogen and oxygen atoms in total. The van der Waals surface area contributed by atoms with E-state index in [1.54, 1.807) is 6.92 Å². The topological polar surface area (TPSA) is 136 Å². The van der Waals surface area contributed by atoms with E-state index < -0.39 is 21.8 Å². The van der Waals surface area contributed by atoms with Crippen LogP contribution in [-0.2, 0) is 44.9 Å². The second-order valence-corrected chi connectivity index (χ2v) is 13.9. The summed E-state index contributed by atoms with van der Waals surface area (Å²) in [7, 11) is -4.85. The van der Waals surface area contributed by atoms with Gasteiger partial charge in [0.2, 0.25) is 0 Å². The highest BCUT2D eigenvalue weighted by molar-refractivity contribution is 7.97. The van der Waals surface area contributed by atoms with Gasteiger partial charge in [0.15, 0.2) is 14.7 Å². The van der Waals surface area contributed by atoms with Gasteiger partial charge in [-0.1, -0.05) is 69.2 Å². The number of rotatable bonds is 15. The van der Waals surface area contributed by atoms with E-state index in [-0.39, 0.29) is 36.0 Å². The van der Waals surface area contributed by atoms with Crippen molar-refractivity contribution in [2.45, 2.75) is 74.5 Å². The first kappa shape index (κ1) is 38.3. The minimum Gasteiger partial charge on any atom is -0.748 e. The van der Waals surface area contributed by atoms with Crippen molar-refractivity contribution in [2.24, 2.45) is 0 Å². The molecule has 0 amide bonds. The molecule has 0 atom stereocenters. The molecule has 0 aliphatic heterocycles. The van der Waals surface area contributed by atoms with Gasteiger partial charge < -0.3 is 18.8 Å². The van der Waals surface area contributed by atoms with Crippen LogP contribution in [0.2, 0.25) is 0 Å². The Labute approximate surface area is 275 Å². The van der Waals surface area contributed by atoms with E-state index in [0.29, 0.717) is 17.7 Å². The third kappa shape index (κ3) is 14.0. The lowest BCUT2D eigenvalue weighted by Crippen LogP contribution is -2.20. The average Bonchev–Trinajstić information content (AvgIpc) is 3.00. The molecule has 3 rings (SSSR count). The summed E-state index contributed by atoms with van der Waals surface area (Å²) >= 11 is 0. The summed E-state index contributed by atoms with van der Waals surface area (Å²) in [5, 5.41) is 0. The lowest BCUT2D eigenvalue weighted by Gasteiger charge is -2.13. The quantitative estimate of drug-likeness (QED) is 0.0445. The Morgan fingerprint density at radius 2 is 1.28 bits per heavy atom. The number of unbranched alkanes of at least 4 members (excludes halogenated alkanes) is 3. The molecular weight excluding hydrogens is 629 g/mol.